The highest BCUT2D eigenvalue weighted by atomic mass is 16.1. The number of rotatable bonds is 7. The zero-order valence-electron chi connectivity index (χ0n) is 14.5. The molecular formula is C17H18N8O2. The van der Waals surface area contributed by atoms with Crippen LogP contribution in [-0.4, -0.2) is 38.2 Å². The van der Waals surface area contributed by atoms with Gasteiger partial charge in [-0.2, -0.15) is 0 Å². The van der Waals surface area contributed by atoms with E-state index in [2.05, 4.69) is 25.3 Å². The van der Waals surface area contributed by atoms with Crippen molar-refractivity contribution in [2.45, 2.75) is 19.4 Å². The molecule has 0 saturated heterocycles. The average Bonchev–Trinajstić information content (AvgIpc) is 2.67. The summed E-state index contributed by atoms with van der Waals surface area (Å²) in [7, 11) is 0. The second-order valence-electron chi connectivity index (χ2n) is 5.87. The van der Waals surface area contributed by atoms with Crippen LogP contribution in [0.15, 0.2) is 36.9 Å². The van der Waals surface area contributed by atoms with Crippen LogP contribution < -0.4 is 21.9 Å². The molecule has 2 aromatic heterocycles. The molecule has 0 spiro atoms. The Morgan fingerprint density at radius 3 is 2.89 bits per heavy atom. The van der Waals surface area contributed by atoms with Crippen molar-refractivity contribution in [3.8, 4) is 0 Å². The molecule has 1 aromatic carbocycles. The number of carbonyl (C=O) groups excluding carboxylic acids is 2. The zero-order chi connectivity index (χ0) is 19.4. The number of benzene rings is 1. The molecule has 0 fully saturated rings. The van der Waals surface area contributed by atoms with Crippen molar-refractivity contribution in [2.75, 3.05) is 10.3 Å². The molecule has 1 amide bonds. The van der Waals surface area contributed by atoms with Crippen molar-refractivity contribution in [1.82, 2.24) is 19.9 Å². The van der Waals surface area contributed by atoms with Crippen LogP contribution in [0.3, 0.4) is 0 Å². The fraction of sp³-hybridized carbons (Fsp3) is 0.176. The lowest BCUT2D eigenvalue weighted by Gasteiger charge is -2.24. The van der Waals surface area contributed by atoms with Crippen LogP contribution in [0.4, 0.5) is 17.3 Å². The molecule has 1 atom stereocenters. The summed E-state index contributed by atoms with van der Waals surface area (Å²) in [6.45, 7) is 1.77. The highest BCUT2D eigenvalue weighted by Gasteiger charge is 2.18. The summed E-state index contributed by atoms with van der Waals surface area (Å²) in [5, 5.41) is 5.15. The largest absolute Gasteiger partial charge is 0.364 e. The third kappa shape index (κ3) is 3.96. The van der Waals surface area contributed by atoms with E-state index in [-0.39, 0.29) is 24.0 Å². The van der Waals surface area contributed by atoms with Gasteiger partial charge in [0.1, 0.15) is 12.6 Å². The number of aromatic nitrogens is 4. The van der Waals surface area contributed by atoms with Crippen molar-refractivity contribution in [3.05, 3.63) is 42.6 Å². The lowest BCUT2D eigenvalue weighted by molar-refractivity contribution is -0.108. The van der Waals surface area contributed by atoms with Crippen molar-refractivity contribution >= 4 is 40.4 Å². The summed E-state index contributed by atoms with van der Waals surface area (Å²) in [5.74, 6) is 5.72. The topological polar surface area (TPSA) is 153 Å². The van der Waals surface area contributed by atoms with E-state index in [1.165, 1.54) is 17.5 Å². The monoisotopic (exact) mass is 366 g/mol. The lowest BCUT2D eigenvalue weighted by Crippen LogP contribution is -2.40. The molecule has 10 heteroatoms. The number of nitrogens with zero attached hydrogens (tertiary/aromatic N) is 5. The molecule has 27 heavy (non-hydrogen) atoms. The molecule has 3 aromatic rings. The van der Waals surface area contributed by atoms with Crippen LogP contribution in [-0.2, 0) is 4.79 Å². The van der Waals surface area contributed by atoms with E-state index < -0.39 is 5.91 Å². The summed E-state index contributed by atoms with van der Waals surface area (Å²) < 4.78 is 0. The smallest absolute Gasteiger partial charge is 0.271 e. The van der Waals surface area contributed by atoms with E-state index >= 15 is 0 Å². The first-order chi connectivity index (χ1) is 13.0. The number of carbonyl (C=O) groups is 2. The molecule has 0 aliphatic rings. The van der Waals surface area contributed by atoms with E-state index in [9.17, 15) is 9.59 Å². The van der Waals surface area contributed by atoms with E-state index in [0.717, 1.165) is 17.2 Å². The van der Waals surface area contributed by atoms with Gasteiger partial charge in [-0.3, -0.25) is 9.80 Å². The van der Waals surface area contributed by atoms with Gasteiger partial charge in [-0.15, -0.1) is 0 Å². The number of hydrazine groups is 1. The number of nitrogens with two attached hydrogens (primary N) is 2. The van der Waals surface area contributed by atoms with Gasteiger partial charge in [0, 0.05) is 23.7 Å². The summed E-state index contributed by atoms with van der Waals surface area (Å²) in [5.41, 5.74) is 6.80. The van der Waals surface area contributed by atoms with Gasteiger partial charge >= 0.3 is 0 Å². The van der Waals surface area contributed by atoms with Crippen molar-refractivity contribution in [3.63, 3.8) is 0 Å². The number of hydrogen-bond acceptors (Lipinski definition) is 9. The molecule has 0 saturated carbocycles. The number of aldehydes is 1. The summed E-state index contributed by atoms with van der Waals surface area (Å²) >= 11 is 0. The van der Waals surface area contributed by atoms with Gasteiger partial charge in [-0.25, -0.2) is 25.8 Å². The molecule has 0 radical (unpaired) electrons. The number of hydrogen-bond donors (Lipinski definition) is 3. The van der Waals surface area contributed by atoms with E-state index in [4.69, 9.17) is 11.6 Å². The van der Waals surface area contributed by atoms with Gasteiger partial charge < -0.3 is 15.8 Å². The average molecular weight is 366 g/mol. The SMILES string of the molecule is CC(CC=O)N(N)c1cnc(C(N)=O)c(Nc2ccc3ncncc3c2)n1. The molecule has 0 bridgehead atoms. The molecule has 0 aliphatic heterocycles. The molecule has 5 N–H and O–H groups in total. The van der Waals surface area contributed by atoms with Crippen LogP contribution >= 0.6 is 0 Å². The van der Waals surface area contributed by atoms with Crippen molar-refractivity contribution in [1.29, 1.82) is 0 Å². The summed E-state index contributed by atoms with van der Waals surface area (Å²) in [6, 6.07) is 5.11. The van der Waals surface area contributed by atoms with Gasteiger partial charge in [0.05, 0.1) is 17.8 Å². The van der Waals surface area contributed by atoms with Gasteiger partial charge in [0.15, 0.2) is 17.3 Å². The Morgan fingerprint density at radius 1 is 1.33 bits per heavy atom. The van der Waals surface area contributed by atoms with Crippen molar-refractivity contribution in [2.24, 2.45) is 11.6 Å². The van der Waals surface area contributed by atoms with E-state index in [1.807, 2.05) is 12.1 Å². The van der Waals surface area contributed by atoms with Crippen LogP contribution in [0.2, 0.25) is 0 Å². The maximum Gasteiger partial charge on any atom is 0.271 e. The quantitative estimate of drug-likeness (QED) is 0.314. The molecule has 0 aliphatic carbocycles. The van der Waals surface area contributed by atoms with Gasteiger partial charge in [-0.1, -0.05) is 0 Å². The van der Waals surface area contributed by atoms with Crippen molar-refractivity contribution < 1.29 is 9.59 Å². The number of amides is 1. The first kappa shape index (κ1) is 18.1. The van der Waals surface area contributed by atoms with Gasteiger partial charge in [0.25, 0.3) is 5.91 Å². The molecule has 138 valence electrons. The third-order valence-corrected chi connectivity index (χ3v) is 3.94. The Labute approximate surface area is 154 Å². The highest BCUT2D eigenvalue weighted by Crippen LogP contribution is 2.23. The summed E-state index contributed by atoms with van der Waals surface area (Å²) in [4.78, 5) is 39.0. The minimum Gasteiger partial charge on any atom is -0.364 e. The summed E-state index contributed by atoms with van der Waals surface area (Å²) in [6.07, 6.45) is 5.47. The number of anilines is 3. The normalized spacial score (nSPS) is 11.8. The molecular weight excluding hydrogens is 348 g/mol. The van der Waals surface area contributed by atoms with Gasteiger partial charge in [0.2, 0.25) is 0 Å². The number of fused-ring (bicyclic) bond motifs is 1. The van der Waals surface area contributed by atoms with Crippen LogP contribution in [0.5, 0.6) is 0 Å². The second-order valence-corrected chi connectivity index (χ2v) is 5.87. The standard InChI is InChI=1S/C17H18N8O2/c1-10(4-5-26)25(19)14-8-21-15(16(18)27)17(24-14)23-12-2-3-13-11(6-12)7-20-9-22-13/h2-3,5-10H,4,19H2,1H3,(H2,18,27)(H,23,24). The maximum atomic E-state index is 11.7. The second kappa shape index (κ2) is 7.70. The van der Waals surface area contributed by atoms with Crippen LogP contribution in [0, 0.1) is 0 Å². The predicted molar refractivity (Wildman–Crippen MR) is 100 cm³/mol. The van der Waals surface area contributed by atoms with Crippen LogP contribution in [0.25, 0.3) is 10.9 Å². The zero-order valence-corrected chi connectivity index (χ0v) is 14.5. The van der Waals surface area contributed by atoms with E-state index in [1.54, 1.807) is 19.2 Å². The maximum absolute atomic E-state index is 11.7. The number of primary amides is 1. The Hall–Kier alpha value is -3.66. The minimum atomic E-state index is -0.731. The fourth-order valence-corrected chi connectivity index (χ4v) is 2.45. The molecule has 10 nitrogen and oxygen atoms in total. The predicted octanol–water partition coefficient (Wildman–Crippen LogP) is 0.920. The highest BCUT2D eigenvalue weighted by molar-refractivity contribution is 5.96. The van der Waals surface area contributed by atoms with Gasteiger partial charge in [-0.05, 0) is 25.1 Å². The Bertz CT molecular complexity index is 994. The van der Waals surface area contributed by atoms with E-state index in [0.29, 0.717) is 11.5 Å². The molecule has 2 heterocycles. The first-order valence-electron chi connectivity index (χ1n) is 8.10. The Kier molecular flexibility index (Phi) is 5.18. The fourth-order valence-electron chi connectivity index (χ4n) is 2.45. The van der Waals surface area contributed by atoms with Crippen LogP contribution in [0.1, 0.15) is 23.8 Å². The molecule has 3 rings (SSSR count). The Balaban J connectivity index is 1.96. The third-order valence-electron chi connectivity index (χ3n) is 3.94. The minimum absolute atomic E-state index is 0.0281. The lowest BCUT2D eigenvalue weighted by atomic mass is 10.2. The Morgan fingerprint density at radius 2 is 2.15 bits per heavy atom. The number of nitrogens with one attached hydrogen (secondary N) is 1. The molecule has 1 unspecified atom stereocenters. The first-order valence-corrected chi connectivity index (χ1v) is 8.10.